The van der Waals surface area contributed by atoms with Gasteiger partial charge in [0.15, 0.2) is 0 Å². The highest BCUT2D eigenvalue weighted by atomic mass is 35.5. The quantitative estimate of drug-likeness (QED) is 0.718. The Bertz CT molecular complexity index is 412. The normalized spacial score (nSPS) is 14.2. The van der Waals surface area contributed by atoms with Crippen LogP contribution in [0.1, 0.15) is 37.0 Å². The average molecular weight is 288 g/mol. The van der Waals surface area contributed by atoms with Crippen molar-refractivity contribution in [2.45, 2.75) is 38.8 Å². The van der Waals surface area contributed by atoms with E-state index in [1.54, 1.807) is 6.07 Å². The monoisotopic (exact) mass is 287 g/mol. The molecule has 0 aliphatic rings. The van der Waals surface area contributed by atoms with Crippen molar-refractivity contribution in [3.8, 4) is 5.75 Å². The van der Waals surface area contributed by atoms with E-state index in [0.29, 0.717) is 29.4 Å². The van der Waals surface area contributed by atoms with Gasteiger partial charge in [0.1, 0.15) is 5.75 Å². The number of aryl methyl sites for hydroxylation is 1. The lowest BCUT2D eigenvalue weighted by Gasteiger charge is -2.22. The maximum atomic E-state index is 10.2. The van der Waals surface area contributed by atoms with Crippen LogP contribution in [0.2, 0.25) is 5.02 Å². The summed E-state index contributed by atoms with van der Waals surface area (Å²) in [4.78, 5) is 0. The molecule has 1 rings (SSSR count). The third kappa shape index (κ3) is 4.35. The topological polar surface area (TPSA) is 75.7 Å². The van der Waals surface area contributed by atoms with Gasteiger partial charge in [-0.3, -0.25) is 0 Å². The van der Waals surface area contributed by atoms with E-state index in [2.05, 4.69) is 0 Å². The van der Waals surface area contributed by atoms with Gasteiger partial charge >= 0.3 is 0 Å². The Morgan fingerprint density at radius 1 is 1.42 bits per heavy atom. The molecule has 0 bridgehead atoms. The number of ether oxygens (including phenoxy) is 1. The van der Waals surface area contributed by atoms with Crippen LogP contribution in [0, 0.1) is 6.92 Å². The highest BCUT2D eigenvalue weighted by Gasteiger charge is 2.21. The molecule has 0 aliphatic heterocycles. The average Bonchev–Trinajstić information content (AvgIpc) is 2.39. The van der Waals surface area contributed by atoms with Crippen LogP contribution < -0.4 is 10.5 Å². The number of hydrogen-bond acceptors (Lipinski definition) is 4. The predicted molar refractivity (Wildman–Crippen MR) is 76.6 cm³/mol. The van der Waals surface area contributed by atoms with Crippen molar-refractivity contribution in [2.24, 2.45) is 5.73 Å². The minimum Gasteiger partial charge on any atom is -0.493 e. The molecule has 0 saturated heterocycles. The van der Waals surface area contributed by atoms with Crippen molar-refractivity contribution in [1.82, 2.24) is 0 Å². The largest absolute Gasteiger partial charge is 0.493 e. The summed E-state index contributed by atoms with van der Waals surface area (Å²) in [6, 6.07) is 2.94. The molecule has 4 N–H and O–H groups in total. The molecule has 2 unspecified atom stereocenters. The first-order valence-corrected chi connectivity index (χ1v) is 6.86. The number of aliphatic hydroxyl groups excluding tert-OH is 2. The fraction of sp³-hybridized carbons (Fsp3) is 0.571. The second-order valence-corrected chi connectivity index (χ2v) is 5.02. The van der Waals surface area contributed by atoms with E-state index in [9.17, 15) is 5.11 Å². The van der Waals surface area contributed by atoms with Crippen molar-refractivity contribution in [2.75, 3.05) is 13.2 Å². The number of benzene rings is 1. The highest BCUT2D eigenvalue weighted by Crippen LogP contribution is 2.33. The number of rotatable bonds is 7. The number of halogens is 1. The van der Waals surface area contributed by atoms with Gasteiger partial charge in [0, 0.05) is 23.2 Å². The van der Waals surface area contributed by atoms with Gasteiger partial charge in [0.05, 0.1) is 12.7 Å². The Morgan fingerprint density at radius 3 is 2.68 bits per heavy atom. The maximum absolute atomic E-state index is 10.2. The number of aliphatic hydroxyl groups is 2. The summed E-state index contributed by atoms with van der Waals surface area (Å²) >= 11 is 6.09. The smallest absolute Gasteiger partial charge is 0.125 e. The van der Waals surface area contributed by atoms with Crippen LogP contribution in [-0.4, -0.2) is 29.5 Å². The number of hydrogen-bond donors (Lipinski definition) is 3. The molecule has 0 aromatic heterocycles. The lowest BCUT2D eigenvalue weighted by Crippen LogP contribution is -2.29. The lowest BCUT2D eigenvalue weighted by atomic mass is 9.98. The maximum Gasteiger partial charge on any atom is 0.125 e. The van der Waals surface area contributed by atoms with E-state index in [-0.39, 0.29) is 6.61 Å². The van der Waals surface area contributed by atoms with Crippen LogP contribution in [0.25, 0.3) is 0 Å². The molecule has 2 atom stereocenters. The van der Waals surface area contributed by atoms with Crippen molar-refractivity contribution < 1.29 is 14.9 Å². The molecule has 0 fully saturated rings. The molecule has 1 aromatic carbocycles. The van der Waals surface area contributed by atoms with E-state index >= 15 is 0 Å². The molecule has 0 radical (unpaired) electrons. The molecular formula is C14H22ClNO3. The zero-order valence-electron chi connectivity index (χ0n) is 11.4. The zero-order valence-corrected chi connectivity index (χ0v) is 12.2. The van der Waals surface area contributed by atoms with E-state index in [1.165, 1.54) is 0 Å². The van der Waals surface area contributed by atoms with Crippen molar-refractivity contribution in [3.63, 3.8) is 0 Å². The zero-order chi connectivity index (χ0) is 14.4. The summed E-state index contributed by atoms with van der Waals surface area (Å²) in [7, 11) is 0. The van der Waals surface area contributed by atoms with Crippen LogP contribution in [0.4, 0.5) is 0 Å². The summed E-state index contributed by atoms with van der Waals surface area (Å²) in [6.07, 6.45) is 0.289. The second kappa shape index (κ2) is 7.70. The SMILES string of the molecule is CCCOc1cc(C)c(Cl)cc1C(O)C(N)CCO. The summed E-state index contributed by atoms with van der Waals surface area (Å²) < 4.78 is 5.63. The van der Waals surface area contributed by atoms with E-state index in [1.807, 2.05) is 19.9 Å². The summed E-state index contributed by atoms with van der Waals surface area (Å²) in [5.41, 5.74) is 7.30. The van der Waals surface area contributed by atoms with Gasteiger partial charge in [-0.25, -0.2) is 0 Å². The first-order valence-electron chi connectivity index (χ1n) is 6.48. The first kappa shape index (κ1) is 16.2. The minimum atomic E-state index is -0.905. The minimum absolute atomic E-state index is 0.0665. The Labute approximate surface area is 119 Å². The van der Waals surface area contributed by atoms with Gasteiger partial charge in [-0.05, 0) is 37.5 Å². The van der Waals surface area contributed by atoms with Gasteiger partial charge in [0.2, 0.25) is 0 Å². The molecule has 19 heavy (non-hydrogen) atoms. The van der Waals surface area contributed by atoms with Crippen molar-refractivity contribution in [3.05, 3.63) is 28.3 Å². The Morgan fingerprint density at radius 2 is 2.11 bits per heavy atom. The van der Waals surface area contributed by atoms with Crippen LogP contribution in [0.15, 0.2) is 12.1 Å². The summed E-state index contributed by atoms with van der Waals surface area (Å²) in [5.74, 6) is 0.602. The lowest BCUT2D eigenvalue weighted by molar-refractivity contribution is 0.125. The molecular weight excluding hydrogens is 266 g/mol. The Hall–Kier alpha value is -0.810. The summed E-state index contributed by atoms with van der Waals surface area (Å²) in [6.45, 7) is 4.39. The van der Waals surface area contributed by atoms with Crippen LogP contribution in [0.5, 0.6) is 5.75 Å². The first-order chi connectivity index (χ1) is 9.01. The van der Waals surface area contributed by atoms with Crippen LogP contribution in [-0.2, 0) is 0 Å². The molecule has 108 valence electrons. The van der Waals surface area contributed by atoms with Gasteiger partial charge in [0.25, 0.3) is 0 Å². The third-order valence-corrected chi connectivity index (χ3v) is 3.35. The van der Waals surface area contributed by atoms with Crippen LogP contribution in [0.3, 0.4) is 0 Å². The van der Waals surface area contributed by atoms with Gasteiger partial charge in [-0.1, -0.05) is 18.5 Å². The van der Waals surface area contributed by atoms with E-state index in [4.69, 9.17) is 27.2 Å². The third-order valence-electron chi connectivity index (χ3n) is 2.94. The molecule has 1 aromatic rings. The van der Waals surface area contributed by atoms with Crippen LogP contribution >= 0.6 is 11.6 Å². The second-order valence-electron chi connectivity index (χ2n) is 4.61. The van der Waals surface area contributed by atoms with E-state index in [0.717, 1.165) is 12.0 Å². The van der Waals surface area contributed by atoms with Crippen molar-refractivity contribution >= 4 is 11.6 Å². The molecule has 0 spiro atoms. The molecule has 5 heteroatoms. The molecule has 0 heterocycles. The van der Waals surface area contributed by atoms with Gasteiger partial charge in [-0.2, -0.15) is 0 Å². The van der Waals surface area contributed by atoms with Crippen molar-refractivity contribution in [1.29, 1.82) is 0 Å². The molecule has 0 saturated carbocycles. The predicted octanol–water partition coefficient (Wildman–Crippen LogP) is 2.18. The molecule has 0 amide bonds. The standard InChI is InChI=1S/C14H22ClNO3/c1-3-6-19-13-7-9(2)11(15)8-10(13)14(18)12(16)4-5-17/h7-8,12,14,17-18H,3-6,16H2,1-2H3. The van der Waals surface area contributed by atoms with Gasteiger partial charge < -0.3 is 20.7 Å². The molecule has 0 aliphatic carbocycles. The van der Waals surface area contributed by atoms with Gasteiger partial charge in [-0.15, -0.1) is 0 Å². The molecule has 4 nitrogen and oxygen atoms in total. The fourth-order valence-corrected chi connectivity index (χ4v) is 1.95. The summed E-state index contributed by atoms with van der Waals surface area (Å²) in [5, 5.41) is 19.7. The Kier molecular flexibility index (Phi) is 6.58. The Balaban J connectivity index is 3.05. The number of nitrogens with two attached hydrogens (primary N) is 1. The highest BCUT2D eigenvalue weighted by molar-refractivity contribution is 6.31. The van der Waals surface area contributed by atoms with E-state index < -0.39 is 12.1 Å². The fourth-order valence-electron chi connectivity index (χ4n) is 1.78.